The molecule has 0 saturated carbocycles. The number of nitrogens with one attached hydrogen (secondary N) is 1. The quantitative estimate of drug-likeness (QED) is 0.197. The molecule has 0 aliphatic carbocycles. The Bertz CT molecular complexity index is 1160. The lowest BCUT2D eigenvalue weighted by atomic mass is 10.1. The zero-order valence-electron chi connectivity index (χ0n) is 17.1. The van der Waals surface area contributed by atoms with E-state index in [0.717, 1.165) is 10.0 Å². The van der Waals surface area contributed by atoms with Crippen molar-refractivity contribution in [3.8, 4) is 0 Å². The maximum absolute atomic E-state index is 12.8. The van der Waals surface area contributed by atoms with E-state index in [9.17, 15) is 19.2 Å². The second kappa shape index (κ2) is 10.2. The first-order chi connectivity index (χ1) is 15.5. The van der Waals surface area contributed by atoms with E-state index < -0.39 is 36.3 Å². The van der Waals surface area contributed by atoms with Crippen molar-refractivity contribution in [3.05, 3.63) is 59.5 Å². The monoisotopic (exact) mass is 594 g/mol. The molecule has 174 valence electrons. The van der Waals surface area contributed by atoms with E-state index in [1.165, 1.54) is 6.92 Å². The third-order valence-electron chi connectivity index (χ3n) is 4.93. The van der Waals surface area contributed by atoms with E-state index in [-0.39, 0.29) is 31.2 Å². The summed E-state index contributed by atoms with van der Waals surface area (Å²) in [5.41, 5.74) is 0.962. The Morgan fingerprint density at radius 1 is 1.03 bits per heavy atom. The molecule has 0 radical (unpaired) electrons. The van der Waals surface area contributed by atoms with Crippen molar-refractivity contribution in [2.24, 2.45) is 0 Å². The van der Waals surface area contributed by atoms with Crippen LogP contribution in [-0.4, -0.2) is 41.2 Å². The van der Waals surface area contributed by atoms with Crippen LogP contribution in [0.3, 0.4) is 0 Å². The molecule has 2 aromatic rings. The van der Waals surface area contributed by atoms with Gasteiger partial charge in [0.1, 0.15) is 6.04 Å². The molecule has 3 amide bonds. The minimum absolute atomic E-state index is 0.184. The molecule has 0 saturated heterocycles. The third-order valence-corrected chi connectivity index (χ3v) is 7.22. The summed E-state index contributed by atoms with van der Waals surface area (Å²) in [6.45, 7) is 2.58. The molecule has 33 heavy (non-hydrogen) atoms. The first-order valence-electron chi connectivity index (χ1n) is 9.48. The number of hydrogen-bond acceptors (Lipinski definition) is 5. The molecule has 0 spiro atoms. The molecular formula is C21H15BrCl4N2O5. The SMILES string of the molecule is CCc1cc(Br)ccc1NC(=O)COC(=O)[C@@H](C)N1C(=O)c2c(Cl)c(Cl)c(Cl)c(Cl)c2C1=O. The van der Waals surface area contributed by atoms with Gasteiger partial charge in [-0.2, -0.15) is 0 Å². The topological polar surface area (TPSA) is 92.8 Å². The first-order valence-corrected chi connectivity index (χ1v) is 11.8. The van der Waals surface area contributed by atoms with Crippen molar-refractivity contribution in [2.75, 3.05) is 11.9 Å². The zero-order valence-corrected chi connectivity index (χ0v) is 21.7. The highest BCUT2D eigenvalue weighted by Crippen LogP contribution is 2.45. The van der Waals surface area contributed by atoms with Crippen LogP contribution in [0.2, 0.25) is 20.1 Å². The summed E-state index contributed by atoms with van der Waals surface area (Å²) in [7, 11) is 0. The van der Waals surface area contributed by atoms with Gasteiger partial charge in [0.25, 0.3) is 17.7 Å². The Hall–Kier alpha value is -1.84. The number of fused-ring (bicyclic) bond motifs is 1. The van der Waals surface area contributed by atoms with E-state index >= 15 is 0 Å². The van der Waals surface area contributed by atoms with Crippen LogP contribution in [0.15, 0.2) is 22.7 Å². The van der Waals surface area contributed by atoms with Gasteiger partial charge >= 0.3 is 5.97 Å². The number of ether oxygens (including phenoxy) is 1. The van der Waals surface area contributed by atoms with Gasteiger partial charge in [-0.3, -0.25) is 19.3 Å². The summed E-state index contributed by atoms with van der Waals surface area (Å²) in [5.74, 6) is -3.32. The van der Waals surface area contributed by atoms with Gasteiger partial charge in [-0.05, 0) is 37.1 Å². The largest absolute Gasteiger partial charge is 0.454 e. The number of imide groups is 1. The van der Waals surface area contributed by atoms with Gasteiger partial charge in [-0.25, -0.2) is 4.79 Å². The van der Waals surface area contributed by atoms with Crippen LogP contribution in [-0.2, 0) is 20.7 Å². The highest BCUT2D eigenvalue weighted by molar-refractivity contribution is 9.10. The molecule has 0 bridgehead atoms. The summed E-state index contributed by atoms with van der Waals surface area (Å²) in [6.07, 6.45) is 0.671. The van der Waals surface area contributed by atoms with Crippen LogP contribution in [0.5, 0.6) is 0 Å². The zero-order chi connectivity index (χ0) is 24.6. The molecule has 7 nitrogen and oxygen atoms in total. The Balaban J connectivity index is 1.71. The number of esters is 1. The number of anilines is 1. The lowest BCUT2D eigenvalue weighted by Crippen LogP contribution is -2.44. The summed E-state index contributed by atoms with van der Waals surface area (Å²) >= 11 is 27.5. The van der Waals surface area contributed by atoms with Gasteiger partial charge in [-0.1, -0.05) is 69.3 Å². The second-order valence-electron chi connectivity index (χ2n) is 6.97. The van der Waals surface area contributed by atoms with Gasteiger partial charge < -0.3 is 10.1 Å². The number of amides is 3. The van der Waals surface area contributed by atoms with Gasteiger partial charge in [0.2, 0.25) is 0 Å². The van der Waals surface area contributed by atoms with Crippen molar-refractivity contribution >= 4 is 91.7 Å². The average molecular weight is 597 g/mol. The first kappa shape index (κ1) is 25.8. The molecule has 12 heteroatoms. The van der Waals surface area contributed by atoms with Gasteiger partial charge in [0, 0.05) is 10.2 Å². The number of carbonyl (C=O) groups excluding carboxylic acids is 4. The number of aryl methyl sites for hydroxylation is 1. The number of carbonyl (C=O) groups is 4. The molecule has 0 aromatic heterocycles. The summed E-state index contributed by atoms with van der Waals surface area (Å²) < 4.78 is 5.89. The summed E-state index contributed by atoms with van der Waals surface area (Å²) in [6, 6.07) is 3.97. The molecule has 0 fully saturated rings. The molecule has 1 N–H and O–H groups in total. The smallest absolute Gasteiger partial charge is 0.329 e. The van der Waals surface area contributed by atoms with Crippen molar-refractivity contribution in [1.29, 1.82) is 0 Å². The van der Waals surface area contributed by atoms with E-state index in [1.54, 1.807) is 12.1 Å². The molecule has 1 aliphatic heterocycles. The van der Waals surface area contributed by atoms with Gasteiger partial charge in [-0.15, -0.1) is 0 Å². The highest BCUT2D eigenvalue weighted by atomic mass is 79.9. The molecule has 2 aromatic carbocycles. The summed E-state index contributed by atoms with van der Waals surface area (Å²) in [5, 5.41) is 1.80. The predicted octanol–water partition coefficient (Wildman–Crippen LogP) is 5.79. The Morgan fingerprint density at radius 3 is 2.09 bits per heavy atom. The van der Waals surface area contributed by atoms with Crippen molar-refractivity contribution in [2.45, 2.75) is 26.3 Å². The Kier molecular flexibility index (Phi) is 7.96. The molecule has 1 aliphatic rings. The predicted molar refractivity (Wildman–Crippen MR) is 130 cm³/mol. The van der Waals surface area contributed by atoms with Crippen molar-refractivity contribution in [3.63, 3.8) is 0 Å². The fourth-order valence-electron chi connectivity index (χ4n) is 3.24. The molecule has 1 heterocycles. The number of nitrogens with zero attached hydrogens (tertiary/aromatic N) is 1. The normalized spacial score (nSPS) is 13.7. The minimum Gasteiger partial charge on any atom is -0.454 e. The average Bonchev–Trinajstić information content (AvgIpc) is 3.05. The van der Waals surface area contributed by atoms with E-state index in [2.05, 4.69) is 21.2 Å². The van der Waals surface area contributed by atoms with Gasteiger partial charge in [0.05, 0.1) is 31.2 Å². The number of benzene rings is 2. The fourth-order valence-corrected chi connectivity index (χ4v) is 4.67. The molecule has 0 unspecified atom stereocenters. The van der Waals surface area contributed by atoms with Gasteiger partial charge in [0.15, 0.2) is 6.61 Å². The molecule has 3 rings (SSSR count). The standard InChI is InChI=1S/C21H15BrCl4N2O5/c1-3-9-6-10(22)4-5-11(9)27-12(29)7-33-21(32)8(2)28-19(30)13-14(20(28)31)16(24)18(26)17(25)15(13)23/h4-6,8H,3,7H2,1-2H3,(H,27,29)/t8-/m1/s1. The summed E-state index contributed by atoms with van der Waals surface area (Å²) in [4.78, 5) is 51.1. The third kappa shape index (κ3) is 4.86. The van der Waals surface area contributed by atoms with Crippen LogP contribution >= 0.6 is 62.3 Å². The van der Waals surface area contributed by atoms with Crippen molar-refractivity contribution < 1.29 is 23.9 Å². The second-order valence-corrected chi connectivity index (χ2v) is 9.40. The van der Waals surface area contributed by atoms with Crippen LogP contribution in [0.1, 0.15) is 40.1 Å². The maximum atomic E-state index is 12.8. The van der Waals surface area contributed by atoms with E-state index in [4.69, 9.17) is 51.1 Å². The van der Waals surface area contributed by atoms with Crippen LogP contribution < -0.4 is 5.32 Å². The highest BCUT2D eigenvalue weighted by Gasteiger charge is 2.45. The lowest BCUT2D eigenvalue weighted by Gasteiger charge is -2.21. The lowest BCUT2D eigenvalue weighted by molar-refractivity contribution is -0.150. The van der Waals surface area contributed by atoms with Crippen LogP contribution in [0.4, 0.5) is 5.69 Å². The van der Waals surface area contributed by atoms with E-state index in [0.29, 0.717) is 17.0 Å². The number of halogens is 5. The maximum Gasteiger partial charge on any atom is 0.329 e. The Labute approximate surface area is 217 Å². The fraction of sp³-hybridized carbons (Fsp3) is 0.238. The van der Waals surface area contributed by atoms with Crippen molar-refractivity contribution in [1.82, 2.24) is 4.90 Å². The molecular weight excluding hydrogens is 582 g/mol. The van der Waals surface area contributed by atoms with E-state index in [1.807, 2.05) is 13.0 Å². The van der Waals surface area contributed by atoms with Crippen LogP contribution in [0.25, 0.3) is 0 Å². The minimum atomic E-state index is -1.37. The van der Waals surface area contributed by atoms with Crippen LogP contribution in [0, 0.1) is 0 Å². The Morgan fingerprint density at radius 2 is 1.58 bits per heavy atom. The number of rotatable bonds is 6. The number of hydrogen-bond donors (Lipinski definition) is 1. The molecule has 1 atom stereocenters.